The summed E-state index contributed by atoms with van der Waals surface area (Å²) in [5.74, 6) is -0.867. The molecule has 0 atom stereocenters. The van der Waals surface area contributed by atoms with Crippen LogP contribution in [0.2, 0.25) is 0 Å². The van der Waals surface area contributed by atoms with Gasteiger partial charge in [0.15, 0.2) is 5.13 Å². The van der Waals surface area contributed by atoms with E-state index in [0.29, 0.717) is 16.3 Å². The number of imide groups is 1. The van der Waals surface area contributed by atoms with E-state index >= 15 is 0 Å². The fourth-order valence-corrected chi connectivity index (χ4v) is 3.20. The van der Waals surface area contributed by atoms with Gasteiger partial charge in [-0.3, -0.25) is 24.2 Å². The van der Waals surface area contributed by atoms with Gasteiger partial charge in [-0.15, -0.1) is 11.3 Å². The molecule has 0 bridgehead atoms. The summed E-state index contributed by atoms with van der Waals surface area (Å²) in [6, 6.07) is 6.69. The molecule has 2 aromatic rings. The van der Waals surface area contributed by atoms with Gasteiger partial charge in [-0.1, -0.05) is 12.1 Å². The Hall–Kier alpha value is -2.54. The van der Waals surface area contributed by atoms with Crippen molar-refractivity contribution in [1.29, 1.82) is 0 Å². The van der Waals surface area contributed by atoms with Crippen molar-refractivity contribution >= 4 is 34.2 Å². The topological polar surface area (TPSA) is 70.6 Å². The molecule has 3 amide bonds. The Labute approximate surface area is 137 Å². The van der Waals surface area contributed by atoms with Gasteiger partial charge in [-0.2, -0.15) is 0 Å². The van der Waals surface area contributed by atoms with E-state index in [4.69, 9.17) is 0 Å². The second-order valence-electron chi connectivity index (χ2n) is 5.28. The molecule has 1 aromatic heterocycles. The Morgan fingerprint density at radius 2 is 1.83 bits per heavy atom. The van der Waals surface area contributed by atoms with Crippen LogP contribution in [0.25, 0.3) is 0 Å². The molecule has 1 aliphatic rings. The number of aryl methyl sites for hydroxylation is 1. The van der Waals surface area contributed by atoms with Gasteiger partial charge in [-0.05, 0) is 19.1 Å². The predicted octanol–water partition coefficient (Wildman–Crippen LogP) is 2.10. The Balaban J connectivity index is 1.66. The van der Waals surface area contributed by atoms with Crippen molar-refractivity contribution in [3.8, 4) is 0 Å². The Morgan fingerprint density at radius 1 is 1.22 bits per heavy atom. The molecule has 0 saturated heterocycles. The number of carbonyl (C=O) groups excluding carboxylic acids is 3. The van der Waals surface area contributed by atoms with E-state index in [1.165, 1.54) is 16.2 Å². The molecule has 0 saturated carbocycles. The van der Waals surface area contributed by atoms with Crippen molar-refractivity contribution < 1.29 is 14.4 Å². The molecule has 23 heavy (non-hydrogen) atoms. The van der Waals surface area contributed by atoms with Crippen molar-refractivity contribution in [1.82, 2.24) is 9.88 Å². The third kappa shape index (κ3) is 2.75. The highest BCUT2D eigenvalue weighted by Crippen LogP contribution is 2.23. The minimum atomic E-state index is -0.342. The van der Waals surface area contributed by atoms with Crippen molar-refractivity contribution in [3.05, 3.63) is 46.5 Å². The number of aromatic nitrogens is 1. The van der Waals surface area contributed by atoms with Gasteiger partial charge < -0.3 is 0 Å². The highest BCUT2D eigenvalue weighted by atomic mass is 32.1. The molecule has 3 rings (SSSR count). The van der Waals surface area contributed by atoms with E-state index in [-0.39, 0.29) is 30.7 Å². The number of carbonyl (C=O) groups is 3. The average Bonchev–Trinajstić information content (AvgIpc) is 3.08. The van der Waals surface area contributed by atoms with E-state index < -0.39 is 0 Å². The van der Waals surface area contributed by atoms with Gasteiger partial charge >= 0.3 is 0 Å². The number of benzene rings is 1. The zero-order chi connectivity index (χ0) is 16.6. The van der Waals surface area contributed by atoms with Crippen LogP contribution in [0, 0.1) is 6.92 Å². The molecule has 0 radical (unpaired) electrons. The molecular formula is C16H15N3O3S. The standard InChI is InChI=1S/C16H15N3O3S/c1-10-9-23-16(17-10)18(2)13(20)7-8-19-14(21)11-5-3-4-6-12(11)15(19)22/h3-6,9H,7-8H2,1-2H3. The summed E-state index contributed by atoms with van der Waals surface area (Å²) >= 11 is 1.38. The number of amides is 3. The summed E-state index contributed by atoms with van der Waals surface area (Å²) in [6.45, 7) is 1.93. The third-order valence-electron chi connectivity index (χ3n) is 3.70. The second-order valence-corrected chi connectivity index (χ2v) is 6.12. The van der Waals surface area contributed by atoms with Crippen LogP contribution in [0.3, 0.4) is 0 Å². The zero-order valence-corrected chi connectivity index (χ0v) is 13.6. The molecule has 1 aliphatic heterocycles. The van der Waals surface area contributed by atoms with Gasteiger partial charge in [-0.25, -0.2) is 4.98 Å². The van der Waals surface area contributed by atoms with Crippen molar-refractivity contribution in [2.24, 2.45) is 0 Å². The maximum absolute atomic E-state index is 12.2. The molecule has 0 unspecified atom stereocenters. The van der Waals surface area contributed by atoms with Crippen LogP contribution >= 0.6 is 11.3 Å². The van der Waals surface area contributed by atoms with Crippen LogP contribution in [0.5, 0.6) is 0 Å². The molecule has 0 spiro atoms. The first kappa shape index (κ1) is 15.4. The maximum atomic E-state index is 12.2. The Bertz CT molecular complexity index is 764. The van der Waals surface area contributed by atoms with E-state index in [9.17, 15) is 14.4 Å². The quantitative estimate of drug-likeness (QED) is 0.806. The molecule has 2 heterocycles. The normalized spacial score (nSPS) is 13.4. The lowest BCUT2D eigenvalue weighted by Crippen LogP contribution is -2.35. The summed E-state index contributed by atoms with van der Waals surface area (Å²) in [5.41, 5.74) is 1.65. The number of nitrogens with zero attached hydrogens (tertiary/aromatic N) is 3. The number of rotatable bonds is 4. The van der Waals surface area contributed by atoms with Gasteiger partial charge in [0.25, 0.3) is 11.8 Å². The van der Waals surface area contributed by atoms with E-state index in [2.05, 4.69) is 4.98 Å². The molecule has 7 heteroatoms. The smallest absolute Gasteiger partial charge is 0.261 e. The largest absolute Gasteiger partial charge is 0.291 e. The highest BCUT2D eigenvalue weighted by molar-refractivity contribution is 7.14. The predicted molar refractivity (Wildman–Crippen MR) is 86.7 cm³/mol. The molecule has 0 fully saturated rings. The molecule has 1 aromatic carbocycles. The molecular weight excluding hydrogens is 314 g/mol. The monoisotopic (exact) mass is 329 g/mol. The minimum Gasteiger partial charge on any atom is -0.291 e. The van der Waals surface area contributed by atoms with Crippen molar-refractivity contribution in [3.63, 3.8) is 0 Å². The number of fused-ring (bicyclic) bond motifs is 1. The van der Waals surface area contributed by atoms with Crippen LogP contribution in [0.4, 0.5) is 5.13 Å². The van der Waals surface area contributed by atoms with E-state index in [1.54, 1.807) is 31.3 Å². The molecule has 0 N–H and O–H groups in total. The lowest BCUT2D eigenvalue weighted by molar-refractivity contribution is -0.118. The summed E-state index contributed by atoms with van der Waals surface area (Å²) in [4.78, 5) is 43.5. The SMILES string of the molecule is Cc1csc(N(C)C(=O)CCN2C(=O)c3ccccc3C2=O)n1. The fourth-order valence-electron chi connectivity index (χ4n) is 2.42. The number of anilines is 1. The van der Waals surface area contributed by atoms with Crippen LogP contribution < -0.4 is 4.90 Å². The summed E-state index contributed by atoms with van der Waals surface area (Å²) in [6.07, 6.45) is 0.0700. The van der Waals surface area contributed by atoms with Crippen molar-refractivity contribution in [2.45, 2.75) is 13.3 Å². The summed E-state index contributed by atoms with van der Waals surface area (Å²) in [7, 11) is 1.64. The van der Waals surface area contributed by atoms with E-state index in [0.717, 1.165) is 10.6 Å². The fraction of sp³-hybridized carbons (Fsp3) is 0.250. The zero-order valence-electron chi connectivity index (χ0n) is 12.8. The third-order valence-corrected chi connectivity index (χ3v) is 4.73. The lowest BCUT2D eigenvalue weighted by Gasteiger charge is -2.17. The average molecular weight is 329 g/mol. The molecule has 0 aliphatic carbocycles. The van der Waals surface area contributed by atoms with Gasteiger partial charge in [0.2, 0.25) is 5.91 Å². The second kappa shape index (κ2) is 5.92. The number of thiazole rings is 1. The molecule has 6 nitrogen and oxygen atoms in total. The van der Waals surface area contributed by atoms with Crippen LogP contribution in [-0.4, -0.2) is 41.2 Å². The van der Waals surface area contributed by atoms with Gasteiger partial charge in [0, 0.05) is 25.4 Å². The van der Waals surface area contributed by atoms with E-state index in [1.807, 2.05) is 12.3 Å². The number of hydrogen-bond donors (Lipinski definition) is 0. The number of hydrogen-bond acceptors (Lipinski definition) is 5. The first-order valence-electron chi connectivity index (χ1n) is 7.13. The summed E-state index contributed by atoms with van der Waals surface area (Å²) in [5, 5.41) is 2.47. The maximum Gasteiger partial charge on any atom is 0.261 e. The van der Waals surface area contributed by atoms with Gasteiger partial charge in [0.05, 0.1) is 16.8 Å². The van der Waals surface area contributed by atoms with Crippen LogP contribution in [0.15, 0.2) is 29.6 Å². The van der Waals surface area contributed by atoms with Crippen LogP contribution in [0.1, 0.15) is 32.8 Å². The Morgan fingerprint density at radius 3 is 2.35 bits per heavy atom. The first-order chi connectivity index (χ1) is 11.0. The molecule has 118 valence electrons. The highest BCUT2D eigenvalue weighted by Gasteiger charge is 2.35. The first-order valence-corrected chi connectivity index (χ1v) is 8.01. The lowest BCUT2D eigenvalue weighted by atomic mass is 10.1. The van der Waals surface area contributed by atoms with Gasteiger partial charge in [0.1, 0.15) is 0 Å². The Kier molecular flexibility index (Phi) is 3.96. The van der Waals surface area contributed by atoms with Crippen LogP contribution in [-0.2, 0) is 4.79 Å². The summed E-state index contributed by atoms with van der Waals surface area (Å²) < 4.78 is 0. The van der Waals surface area contributed by atoms with Crippen molar-refractivity contribution in [2.75, 3.05) is 18.5 Å². The minimum absolute atomic E-state index is 0.0693.